The highest BCUT2D eigenvalue weighted by Gasteiger charge is 2.36. The lowest BCUT2D eigenvalue weighted by Gasteiger charge is -2.25. The minimum Gasteiger partial charge on any atom is -0.466 e. The number of nitrogens with two attached hydrogens (primary N) is 1. The van der Waals surface area contributed by atoms with Gasteiger partial charge in [0.1, 0.15) is 17.4 Å². The number of halogens is 1. The Morgan fingerprint density at radius 3 is 2.80 bits per heavy atom. The number of allylic oxidation sites excluding steroid dienone is 2. The predicted molar refractivity (Wildman–Crippen MR) is 74.7 cm³/mol. The minimum absolute atomic E-state index is 0.00724. The fraction of sp³-hybridized carbons (Fsp3) is 0.231. The highest BCUT2D eigenvalue weighted by atomic mass is 35.5. The van der Waals surface area contributed by atoms with Crippen LogP contribution in [0.3, 0.4) is 0 Å². The molecule has 7 heteroatoms. The molecule has 2 N–H and O–H groups in total. The van der Waals surface area contributed by atoms with Crippen LogP contribution < -0.4 is 5.73 Å². The average Bonchev–Trinajstić information content (AvgIpc) is 2.83. The SMILES string of the molecule is COC(=O)C1=C(C)OC(N)=C(C#N)[C@H]1c1ccc(Cl)s1. The van der Waals surface area contributed by atoms with Crippen molar-refractivity contribution in [1.29, 1.82) is 5.26 Å². The van der Waals surface area contributed by atoms with Crippen LogP contribution in [0.2, 0.25) is 4.34 Å². The van der Waals surface area contributed by atoms with E-state index >= 15 is 0 Å². The first kappa shape index (κ1) is 14.4. The lowest BCUT2D eigenvalue weighted by atomic mass is 9.88. The van der Waals surface area contributed by atoms with Crippen LogP contribution in [0.4, 0.5) is 0 Å². The van der Waals surface area contributed by atoms with Crippen LogP contribution in [0.1, 0.15) is 17.7 Å². The van der Waals surface area contributed by atoms with Crippen LogP contribution in [0, 0.1) is 11.3 Å². The van der Waals surface area contributed by atoms with Gasteiger partial charge >= 0.3 is 5.97 Å². The van der Waals surface area contributed by atoms with Gasteiger partial charge in [-0.1, -0.05) is 11.6 Å². The molecular weight excluding hydrogens is 300 g/mol. The second-order valence-electron chi connectivity index (χ2n) is 4.03. The molecule has 1 aliphatic rings. The van der Waals surface area contributed by atoms with E-state index in [2.05, 4.69) is 0 Å². The Labute approximate surface area is 124 Å². The van der Waals surface area contributed by atoms with E-state index < -0.39 is 11.9 Å². The first-order chi connectivity index (χ1) is 9.49. The molecule has 0 bridgehead atoms. The molecule has 0 saturated heterocycles. The van der Waals surface area contributed by atoms with E-state index in [0.29, 0.717) is 10.1 Å². The standard InChI is InChI=1S/C13H11ClN2O3S/c1-6-10(13(17)18-2)11(7(5-15)12(16)19-6)8-3-4-9(14)20-8/h3-4,11H,16H2,1-2H3/t11-/m0/s1. The van der Waals surface area contributed by atoms with Gasteiger partial charge in [0, 0.05) is 4.88 Å². The Hall–Kier alpha value is -1.97. The van der Waals surface area contributed by atoms with Gasteiger partial charge in [-0.3, -0.25) is 0 Å². The third kappa shape index (κ3) is 2.38. The van der Waals surface area contributed by atoms with E-state index in [0.717, 1.165) is 4.88 Å². The number of esters is 1. The van der Waals surface area contributed by atoms with E-state index in [1.807, 2.05) is 6.07 Å². The molecule has 0 saturated carbocycles. The Morgan fingerprint density at radius 2 is 2.30 bits per heavy atom. The molecule has 0 unspecified atom stereocenters. The van der Waals surface area contributed by atoms with Crippen molar-refractivity contribution in [2.45, 2.75) is 12.8 Å². The van der Waals surface area contributed by atoms with Crippen molar-refractivity contribution in [1.82, 2.24) is 0 Å². The Morgan fingerprint density at radius 1 is 1.60 bits per heavy atom. The lowest BCUT2D eigenvalue weighted by molar-refractivity contribution is -0.136. The third-order valence-electron chi connectivity index (χ3n) is 2.89. The topological polar surface area (TPSA) is 85.3 Å². The summed E-state index contributed by atoms with van der Waals surface area (Å²) < 4.78 is 10.6. The summed E-state index contributed by atoms with van der Waals surface area (Å²) in [5, 5.41) is 9.29. The highest BCUT2D eigenvalue weighted by Crippen LogP contribution is 2.42. The van der Waals surface area contributed by atoms with Crippen molar-refractivity contribution in [2.24, 2.45) is 5.73 Å². The van der Waals surface area contributed by atoms with Crippen molar-refractivity contribution in [2.75, 3.05) is 7.11 Å². The van der Waals surface area contributed by atoms with Gasteiger partial charge < -0.3 is 15.2 Å². The number of nitriles is 1. The van der Waals surface area contributed by atoms with E-state index in [9.17, 15) is 10.1 Å². The van der Waals surface area contributed by atoms with Crippen molar-refractivity contribution in [3.8, 4) is 6.07 Å². The van der Waals surface area contributed by atoms with Crippen molar-refractivity contribution in [3.05, 3.63) is 44.1 Å². The highest BCUT2D eigenvalue weighted by molar-refractivity contribution is 7.16. The summed E-state index contributed by atoms with van der Waals surface area (Å²) in [6.07, 6.45) is 0. The molecule has 0 aromatic carbocycles. The van der Waals surface area contributed by atoms with E-state index in [1.165, 1.54) is 18.4 Å². The predicted octanol–water partition coefficient (Wildman–Crippen LogP) is 2.66. The van der Waals surface area contributed by atoms with Gasteiger partial charge in [-0.25, -0.2) is 4.79 Å². The molecule has 1 aromatic rings. The molecule has 0 aliphatic carbocycles. The number of carbonyl (C=O) groups is 1. The maximum absolute atomic E-state index is 12.0. The van der Waals surface area contributed by atoms with E-state index in [4.69, 9.17) is 26.8 Å². The second kappa shape index (κ2) is 5.57. The summed E-state index contributed by atoms with van der Waals surface area (Å²) in [7, 11) is 1.27. The van der Waals surface area contributed by atoms with Crippen molar-refractivity contribution >= 4 is 28.9 Å². The molecule has 20 heavy (non-hydrogen) atoms. The fourth-order valence-corrected chi connectivity index (χ4v) is 3.21. The number of rotatable bonds is 2. The van der Waals surface area contributed by atoms with Crippen LogP contribution in [-0.4, -0.2) is 13.1 Å². The summed E-state index contributed by atoms with van der Waals surface area (Å²) in [6.45, 7) is 1.61. The Kier molecular flexibility index (Phi) is 4.02. The monoisotopic (exact) mass is 310 g/mol. The minimum atomic E-state index is -0.612. The quantitative estimate of drug-likeness (QED) is 0.849. The molecule has 1 aromatic heterocycles. The molecule has 1 aliphatic heterocycles. The number of hydrogen-bond acceptors (Lipinski definition) is 6. The molecule has 2 rings (SSSR count). The normalized spacial score (nSPS) is 18.6. The van der Waals surface area contributed by atoms with Gasteiger partial charge in [0.15, 0.2) is 0 Å². The first-order valence-corrected chi connectivity index (χ1v) is 6.81. The number of thiophene rings is 1. The molecule has 1 atom stereocenters. The van der Waals surface area contributed by atoms with Crippen molar-refractivity contribution < 1.29 is 14.3 Å². The second-order valence-corrected chi connectivity index (χ2v) is 5.77. The summed E-state index contributed by atoms with van der Waals surface area (Å²) in [5.74, 6) is -0.856. The van der Waals surface area contributed by atoms with Gasteiger partial charge in [-0.05, 0) is 19.1 Å². The van der Waals surface area contributed by atoms with Crippen LogP contribution in [-0.2, 0) is 14.3 Å². The first-order valence-electron chi connectivity index (χ1n) is 5.61. The lowest BCUT2D eigenvalue weighted by Crippen LogP contribution is -2.24. The fourth-order valence-electron chi connectivity index (χ4n) is 2.02. The van der Waals surface area contributed by atoms with Gasteiger partial charge in [0.05, 0.1) is 22.9 Å². The number of carbonyl (C=O) groups excluding carboxylic acids is 1. The maximum atomic E-state index is 12.0. The number of nitrogens with zero attached hydrogens (tertiary/aromatic N) is 1. The summed E-state index contributed by atoms with van der Waals surface area (Å²) in [4.78, 5) is 12.7. The molecule has 0 amide bonds. The smallest absolute Gasteiger partial charge is 0.338 e. The maximum Gasteiger partial charge on any atom is 0.338 e. The number of hydrogen-bond donors (Lipinski definition) is 1. The molecular formula is C13H11ClN2O3S. The van der Waals surface area contributed by atoms with E-state index in [1.54, 1.807) is 19.1 Å². The zero-order valence-electron chi connectivity index (χ0n) is 10.8. The Bertz CT molecular complexity index is 669. The largest absolute Gasteiger partial charge is 0.466 e. The van der Waals surface area contributed by atoms with Crippen LogP contribution in [0.25, 0.3) is 0 Å². The molecule has 104 valence electrons. The van der Waals surface area contributed by atoms with Crippen LogP contribution in [0.5, 0.6) is 0 Å². The van der Waals surface area contributed by atoms with Gasteiger partial charge in [0.2, 0.25) is 5.88 Å². The van der Waals surface area contributed by atoms with Gasteiger partial charge in [-0.2, -0.15) is 5.26 Å². The number of methoxy groups -OCH3 is 1. The zero-order valence-corrected chi connectivity index (χ0v) is 12.3. The summed E-state index contributed by atoms with van der Waals surface area (Å²) >= 11 is 7.21. The van der Waals surface area contributed by atoms with Gasteiger partial charge in [0.25, 0.3) is 0 Å². The summed E-state index contributed by atoms with van der Waals surface area (Å²) in [6, 6.07) is 5.45. The third-order valence-corrected chi connectivity index (χ3v) is 4.19. The summed E-state index contributed by atoms with van der Waals surface area (Å²) in [5.41, 5.74) is 6.17. The zero-order chi connectivity index (χ0) is 14.9. The number of ether oxygens (including phenoxy) is 2. The molecule has 5 nitrogen and oxygen atoms in total. The molecule has 0 fully saturated rings. The average molecular weight is 311 g/mol. The molecule has 0 spiro atoms. The van der Waals surface area contributed by atoms with Crippen molar-refractivity contribution in [3.63, 3.8) is 0 Å². The Balaban J connectivity index is 2.62. The molecule has 0 radical (unpaired) electrons. The molecule has 2 heterocycles. The van der Waals surface area contributed by atoms with E-state index in [-0.39, 0.29) is 17.0 Å². The van der Waals surface area contributed by atoms with Gasteiger partial charge in [-0.15, -0.1) is 11.3 Å². The van der Waals surface area contributed by atoms with Crippen LogP contribution in [0.15, 0.2) is 34.9 Å². The van der Waals surface area contributed by atoms with Crippen LogP contribution >= 0.6 is 22.9 Å².